The second-order valence-electron chi connectivity index (χ2n) is 5.91. The number of anilines is 2. The van der Waals surface area contributed by atoms with Crippen molar-refractivity contribution >= 4 is 22.9 Å². The minimum Gasteiger partial charge on any atom is -0.434 e. The molecule has 1 aromatic heterocycles. The topological polar surface area (TPSA) is 133 Å². The Morgan fingerprint density at radius 2 is 1.75 bits per heavy atom. The third-order valence-electron chi connectivity index (χ3n) is 3.98. The second-order valence-corrected chi connectivity index (χ2v) is 5.91. The van der Waals surface area contributed by atoms with Gasteiger partial charge < -0.3 is 10.1 Å². The Hall–Kier alpha value is -4.08. The molecule has 0 atom stereocenters. The fourth-order valence-corrected chi connectivity index (χ4v) is 2.42. The minimum atomic E-state index is -0.671. The number of hydrogen-bond donors (Lipinski definition) is 1. The molecule has 0 aliphatic carbocycles. The highest BCUT2D eigenvalue weighted by Crippen LogP contribution is 2.36. The number of aromatic nitrogens is 2. The molecule has 142 valence electrons. The summed E-state index contributed by atoms with van der Waals surface area (Å²) < 4.78 is 5.61. The van der Waals surface area contributed by atoms with E-state index in [0.29, 0.717) is 5.75 Å². The molecule has 0 spiro atoms. The van der Waals surface area contributed by atoms with Gasteiger partial charge in [-0.1, -0.05) is 12.1 Å². The number of hydrogen-bond acceptors (Lipinski definition) is 8. The van der Waals surface area contributed by atoms with Gasteiger partial charge in [0.05, 0.1) is 9.85 Å². The van der Waals surface area contributed by atoms with Crippen LogP contribution in [0.3, 0.4) is 0 Å². The lowest BCUT2D eigenvalue weighted by atomic mass is 10.1. The van der Waals surface area contributed by atoms with E-state index in [4.69, 9.17) is 4.74 Å². The van der Waals surface area contributed by atoms with Crippen LogP contribution in [0.1, 0.15) is 11.1 Å². The molecular weight excluding hydrogens is 366 g/mol. The highest BCUT2D eigenvalue weighted by molar-refractivity contribution is 5.69. The fourth-order valence-electron chi connectivity index (χ4n) is 2.42. The van der Waals surface area contributed by atoms with Crippen LogP contribution in [0.2, 0.25) is 0 Å². The molecule has 10 nitrogen and oxygen atoms in total. The Kier molecular flexibility index (Phi) is 5.12. The van der Waals surface area contributed by atoms with Crippen LogP contribution in [0.25, 0.3) is 0 Å². The van der Waals surface area contributed by atoms with Crippen LogP contribution in [0.15, 0.2) is 48.8 Å². The predicted molar refractivity (Wildman–Crippen MR) is 101 cm³/mol. The molecule has 0 bridgehead atoms. The first-order valence-corrected chi connectivity index (χ1v) is 8.11. The maximum Gasteiger partial charge on any atom is 0.373 e. The summed E-state index contributed by atoms with van der Waals surface area (Å²) in [4.78, 5) is 29.1. The minimum absolute atomic E-state index is 0.140. The zero-order valence-corrected chi connectivity index (χ0v) is 14.9. The Bertz CT molecular complexity index is 1070. The lowest BCUT2D eigenvalue weighted by Crippen LogP contribution is -2.04. The molecule has 0 fully saturated rings. The van der Waals surface area contributed by atoms with Crippen LogP contribution in [-0.2, 0) is 0 Å². The van der Waals surface area contributed by atoms with Gasteiger partial charge in [-0.3, -0.25) is 20.2 Å². The Balaban J connectivity index is 1.97. The van der Waals surface area contributed by atoms with Crippen LogP contribution in [0.5, 0.6) is 11.6 Å². The van der Waals surface area contributed by atoms with Crippen molar-refractivity contribution in [2.24, 2.45) is 0 Å². The van der Waals surface area contributed by atoms with E-state index in [-0.39, 0.29) is 23.1 Å². The van der Waals surface area contributed by atoms with Gasteiger partial charge in [0, 0.05) is 17.8 Å². The number of ether oxygens (including phenoxy) is 1. The van der Waals surface area contributed by atoms with Crippen molar-refractivity contribution in [3.05, 3.63) is 80.1 Å². The summed E-state index contributed by atoms with van der Waals surface area (Å²) in [5.41, 5.74) is 1.65. The lowest BCUT2D eigenvalue weighted by Gasteiger charge is -2.10. The molecule has 0 amide bonds. The zero-order valence-electron chi connectivity index (χ0n) is 14.9. The normalized spacial score (nSPS) is 10.4. The SMILES string of the molecule is Cc1ccc(Oc2ncnc(Nc3cccc([N+](=O)[O-])c3)c2[N+](=O)[O-])cc1C. The van der Waals surface area contributed by atoms with E-state index in [1.54, 1.807) is 12.1 Å². The summed E-state index contributed by atoms with van der Waals surface area (Å²) in [5.74, 6) is 0.0155. The van der Waals surface area contributed by atoms with Crippen molar-refractivity contribution in [1.29, 1.82) is 0 Å². The first-order chi connectivity index (χ1) is 13.3. The number of rotatable bonds is 6. The second kappa shape index (κ2) is 7.66. The van der Waals surface area contributed by atoms with Gasteiger partial charge in [-0.25, -0.2) is 4.98 Å². The molecule has 2 aromatic carbocycles. The fraction of sp³-hybridized carbons (Fsp3) is 0.111. The summed E-state index contributed by atoms with van der Waals surface area (Å²) >= 11 is 0. The third-order valence-corrected chi connectivity index (χ3v) is 3.98. The predicted octanol–water partition coefficient (Wildman–Crippen LogP) is 4.45. The molecule has 1 heterocycles. The standard InChI is InChI=1S/C18H15N5O5/c1-11-6-7-15(8-12(11)2)28-18-16(23(26)27)17(19-10-20-18)21-13-4-3-5-14(9-13)22(24)25/h3-10H,1-2H3,(H,19,20,21). The maximum atomic E-state index is 11.6. The number of nitrogens with one attached hydrogen (secondary N) is 1. The number of aryl methyl sites for hydroxylation is 2. The van der Waals surface area contributed by atoms with Crippen molar-refractivity contribution in [2.75, 3.05) is 5.32 Å². The average molecular weight is 381 g/mol. The number of benzene rings is 2. The first-order valence-electron chi connectivity index (χ1n) is 8.11. The number of nitro benzene ring substituents is 1. The first kappa shape index (κ1) is 18.7. The monoisotopic (exact) mass is 381 g/mol. The molecule has 0 saturated carbocycles. The van der Waals surface area contributed by atoms with Gasteiger partial charge in [0.15, 0.2) is 0 Å². The van der Waals surface area contributed by atoms with Crippen molar-refractivity contribution in [2.45, 2.75) is 13.8 Å². The van der Waals surface area contributed by atoms with Crippen LogP contribution >= 0.6 is 0 Å². The largest absolute Gasteiger partial charge is 0.434 e. The average Bonchev–Trinajstić information content (AvgIpc) is 2.65. The van der Waals surface area contributed by atoms with E-state index < -0.39 is 15.5 Å². The number of nitro groups is 2. The summed E-state index contributed by atoms with van der Waals surface area (Å²) in [6, 6.07) is 10.8. The van der Waals surface area contributed by atoms with Crippen LogP contribution in [-0.4, -0.2) is 19.8 Å². The third kappa shape index (κ3) is 4.01. The van der Waals surface area contributed by atoms with Gasteiger partial charge in [0.25, 0.3) is 5.69 Å². The highest BCUT2D eigenvalue weighted by atomic mass is 16.6. The summed E-state index contributed by atoms with van der Waals surface area (Å²) in [7, 11) is 0. The van der Waals surface area contributed by atoms with Crippen molar-refractivity contribution in [3.63, 3.8) is 0 Å². The van der Waals surface area contributed by atoms with Crippen molar-refractivity contribution in [1.82, 2.24) is 9.97 Å². The molecule has 10 heteroatoms. The van der Waals surface area contributed by atoms with Gasteiger partial charge in [0.1, 0.15) is 12.1 Å². The molecule has 0 radical (unpaired) electrons. The Morgan fingerprint density at radius 1 is 0.964 bits per heavy atom. The summed E-state index contributed by atoms with van der Waals surface area (Å²) in [6.45, 7) is 3.83. The van der Waals surface area contributed by atoms with Gasteiger partial charge in [0.2, 0.25) is 5.82 Å². The molecule has 0 unspecified atom stereocenters. The van der Waals surface area contributed by atoms with E-state index in [1.165, 1.54) is 24.3 Å². The van der Waals surface area contributed by atoms with Crippen molar-refractivity contribution < 1.29 is 14.6 Å². The molecule has 0 saturated heterocycles. The van der Waals surface area contributed by atoms with Gasteiger partial charge in [-0.15, -0.1) is 0 Å². The van der Waals surface area contributed by atoms with Gasteiger partial charge in [-0.2, -0.15) is 4.98 Å². The lowest BCUT2D eigenvalue weighted by molar-refractivity contribution is -0.385. The Morgan fingerprint density at radius 3 is 2.43 bits per heavy atom. The molecule has 1 N–H and O–H groups in total. The molecule has 3 aromatic rings. The van der Waals surface area contributed by atoms with Crippen LogP contribution in [0, 0.1) is 34.1 Å². The van der Waals surface area contributed by atoms with E-state index in [0.717, 1.165) is 17.5 Å². The van der Waals surface area contributed by atoms with E-state index >= 15 is 0 Å². The summed E-state index contributed by atoms with van der Waals surface area (Å²) in [6.07, 6.45) is 1.11. The van der Waals surface area contributed by atoms with Gasteiger partial charge in [-0.05, 0) is 43.2 Å². The summed E-state index contributed by atoms with van der Waals surface area (Å²) in [5, 5.41) is 25.2. The van der Waals surface area contributed by atoms with E-state index in [2.05, 4.69) is 15.3 Å². The molecule has 0 aliphatic heterocycles. The van der Waals surface area contributed by atoms with Crippen LogP contribution < -0.4 is 10.1 Å². The quantitative estimate of drug-likeness (QED) is 0.489. The van der Waals surface area contributed by atoms with Crippen molar-refractivity contribution in [3.8, 4) is 11.6 Å². The smallest absolute Gasteiger partial charge is 0.373 e. The van der Waals surface area contributed by atoms with Gasteiger partial charge >= 0.3 is 11.6 Å². The molecule has 3 rings (SSSR count). The number of non-ortho nitro benzene ring substituents is 1. The molecule has 0 aliphatic rings. The Labute approximate surface area is 159 Å². The van der Waals surface area contributed by atoms with E-state index in [9.17, 15) is 20.2 Å². The highest BCUT2D eigenvalue weighted by Gasteiger charge is 2.25. The van der Waals surface area contributed by atoms with Crippen LogP contribution in [0.4, 0.5) is 22.9 Å². The maximum absolute atomic E-state index is 11.6. The number of nitrogens with zero attached hydrogens (tertiary/aromatic N) is 4. The zero-order chi connectivity index (χ0) is 20.3. The molecule has 28 heavy (non-hydrogen) atoms. The van der Waals surface area contributed by atoms with E-state index in [1.807, 2.05) is 19.9 Å². The molecular formula is C18H15N5O5.